The van der Waals surface area contributed by atoms with Crippen molar-refractivity contribution in [3.05, 3.63) is 42.4 Å². The molecular weight excluding hydrogens is 110 g/mol. The normalized spacial score (nSPS) is 15.8. The van der Waals surface area contributed by atoms with Crippen molar-refractivity contribution in [2.45, 2.75) is 0 Å². The number of hydrogen-bond donors (Lipinski definition) is 0. The van der Waals surface area contributed by atoms with E-state index in [1.165, 1.54) is 0 Å². The van der Waals surface area contributed by atoms with E-state index in [-0.39, 0.29) is 0 Å². The van der Waals surface area contributed by atoms with E-state index in [1.807, 2.05) is 6.07 Å². The molecule has 0 atom stereocenters. The SMILES string of the molecule is [CH+]=C1C=C[CH-]C(C#N)=C1. The highest BCUT2D eigenvalue weighted by atomic mass is 14.2. The summed E-state index contributed by atoms with van der Waals surface area (Å²) in [5.41, 5.74) is 1.24. The van der Waals surface area contributed by atoms with Gasteiger partial charge in [-0.15, -0.1) is 24.6 Å². The third kappa shape index (κ3) is 1.19. The summed E-state index contributed by atoms with van der Waals surface area (Å²) in [5.74, 6) is 0. The zero-order chi connectivity index (χ0) is 6.69. The molecule has 0 aliphatic heterocycles. The molecule has 0 unspecified atom stereocenters. The Morgan fingerprint density at radius 3 is 2.89 bits per heavy atom. The monoisotopic (exact) mass is 115 g/mol. The van der Waals surface area contributed by atoms with Crippen LogP contribution in [0, 0.1) is 24.3 Å². The van der Waals surface area contributed by atoms with E-state index < -0.39 is 0 Å². The molecule has 0 aromatic rings. The molecule has 1 heteroatoms. The average Bonchev–Trinajstić information content (AvgIpc) is 1.88. The van der Waals surface area contributed by atoms with Crippen LogP contribution in [0.15, 0.2) is 29.4 Å². The van der Waals surface area contributed by atoms with E-state index in [9.17, 15) is 0 Å². The van der Waals surface area contributed by atoms with Crippen molar-refractivity contribution < 1.29 is 0 Å². The Hall–Kier alpha value is -1.51. The predicted octanol–water partition coefficient (Wildman–Crippen LogP) is 1.57. The van der Waals surface area contributed by atoms with Crippen LogP contribution in [0.25, 0.3) is 0 Å². The molecule has 9 heavy (non-hydrogen) atoms. The van der Waals surface area contributed by atoms with Gasteiger partial charge < -0.3 is 0 Å². The fourth-order valence-corrected chi connectivity index (χ4v) is 0.608. The zero-order valence-corrected chi connectivity index (χ0v) is 4.83. The minimum absolute atomic E-state index is 0.606. The highest BCUT2D eigenvalue weighted by Gasteiger charge is 1.89. The molecule has 1 rings (SSSR count). The molecule has 0 saturated heterocycles. The van der Waals surface area contributed by atoms with Crippen LogP contribution < -0.4 is 0 Å². The molecule has 0 radical (unpaired) electrons. The van der Waals surface area contributed by atoms with Gasteiger partial charge in [0.25, 0.3) is 0 Å². The van der Waals surface area contributed by atoms with E-state index in [4.69, 9.17) is 11.8 Å². The molecule has 1 aliphatic rings. The summed E-state index contributed by atoms with van der Waals surface area (Å²) in [6, 6.07) is 1.99. The maximum atomic E-state index is 8.36. The summed E-state index contributed by atoms with van der Waals surface area (Å²) in [4.78, 5) is 0. The zero-order valence-electron chi connectivity index (χ0n) is 4.83. The molecule has 42 valence electrons. The lowest BCUT2D eigenvalue weighted by atomic mass is 10.0. The fourth-order valence-electron chi connectivity index (χ4n) is 0.608. The summed E-state index contributed by atoms with van der Waals surface area (Å²) < 4.78 is 0. The molecule has 0 spiro atoms. The van der Waals surface area contributed by atoms with Crippen LogP contribution in [0.5, 0.6) is 0 Å². The third-order valence-electron chi connectivity index (χ3n) is 1.02. The van der Waals surface area contributed by atoms with E-state index in [1.54, 1.807) is 24.6 Å². The van der Waals surface area contributed by atoms with Crippen molar-refractivity contribution in [2.75, 3.05) is 0 Å². The summed E-state index contributed by atoms with van der Waals surface area (Å²) in [6.45, 7) is 5.38. The first kappa shape index (κ1) is 5.62. The van der Waals surface area contributed by atoms with Gasteiger partial charge in [0.15, 0.2) is 0 Å². The largest absolute Gasteiger partial charge is 0.262 e. The highest BCUT2D eigenvalue weighted by molar-refractivity contribution is 5.47. The van der Waals surface area contributed by atoms with E-state index >= 15 is 0 Å². The van der Waals surface area contributed by atoms with Crippen LogP contribution in [0.1, 0.15) is 0 Å². The number of hydrogen-bond acceptors (Lipinski definition) is 1. The van der Waals surface area contributed by atoms with Gasteiger partial charge >= 0.3 is 0 Å². The summed E-state index contributed by atoms with van der Waals surface area (Å²) >= 11 is 0. The molecular formula is C8H5N. The highest BCUT2D eigenvalue weighted by Crippen LogP contribution is 2.11. The van der Waals surface area contributed by atoms with Crippen LogP contribution >= 0.6 is 0 Å². The Morgan fingerprint density at radius 1 is 1.67 bits per heavy atom. The van der Waals surface area contributed by atoms with Gasteiger partial charge in [0.1, 0.15) is 0 Å². The fraction of sp³-hybridized carbons (Fsp3) is 0. The Labute approximate surface area is 54.6 Å². The summed E-state index contributed by atoms with van der Waals surface area (Å²) in [6.07, 6.45) is 6.87. The molecule has 1 nitrogen and oxygen atoms in total. The van der Waals surface area contributed by atoms with Gasteiger partial charge in [0.05, 0.1) is 0 Å². The Balaban J connectivity index is 2.81. The van der Waals surface area contributed by atoms with Crippen molar-refractivity contribution in [1.29, 1.82) is 5.26 Å². The van der Waals surface area contributed by atoms with E-state index in [0.29, 0.717) is 11.1 Å². The van der Waals surface area contributed by atoms with Crippen molar-refractivity contribution in [3.63, 3.8) is 0 Å². The van der Waals surface area contributed by atoms with Gasteiger partial charge in [-0.2, -0.15) is 0 Å². The topological polar surface area (TPSA) is 23.8 Å². The lowest BCUT2D eigenvalue weighted by molar-refractivity contribution is 1.43. The molecule has 0 heterocycles. The first-order chi connectivity index (χ1) is 4.33. The van der Waals surface area contributed by atoms with Crippen LogP contribution in [0.2, 0.25) is 0 Å². The predicted molar refractivity (Wildman–Crippen MR) is 34.9 cm³/mol. The van der Waals surface area contributed by atoms with Gasteiger partial charge in [-0.3, -0.25) is 5.26 Å². The lowest BCUT2D eigenvalue weighted by Gasteiger charge is -2.06. The summed E-state index contributed by atoms with van der Waals surface area (Å²) in [7, 11) is 0. The minimum atomic E-state index is 0.606. The Bertz CT molecular complexity index is 225. The average molecular weight is 115 g/mol. The summed E-state index contributed by atoms with van der Waals surface area (Å²) in [5, 5.41) is 8.36. The van der Waals surface area contributed by atoms with Gasteiger partial charge in [-0.05, 0) is 18.2 Å². The molecule has 0 aromatic heterocycles. The molecule has 0 aromatic carbocycles. The Kier molecular flexibility index (Phi) is 1.36. The van der Waals surface area contributed by atoms with Crippen LogP contribution in [-0.2, 0) is 0 Å². The molecule has 1 aliphatic carbocycles. The first-order valence-corrected chi connectivity index (χ1v) is 2.58. The van der Waals surface area contributed by atoms with Gasteiger partial charge in [-0.25, -0.2) is 0 Å². The third-order valence-corrected chi connectivity index (χ3v) is 1.02. The minimum Gasteiger partial charge on any atom is -0.262 e. The number of nitrogens with zero attached hydrogens (tertiary/aromatic N) is 1. The molecule has 0 fully saturated rings. The number of allylic oxidation sites excluding steroid dienone is 5. The van der Waals surface area contributed by atoms with Crippen LogP contribution in [0.4, 0.5) is 0 Å². The number of rotatable bonds is 0. The maximum Gasteiger partial charge on any atom is -0.00515 e. The van der Waals surface area contributed by atoms with Crippen molar-refractivity contribution >= 4 is 0 Å². The van der Waals surface area contributed by atoms with Crippen LogP contribution in [-0.4, -0.2) is 0 Å². The van der Waals surface area contributed by atoms with Crippen molar-refractivity contribution in [3.8, 4) is 6.07 Å². The maximum absolute atomic E-state index is 8.36. The van der Waals surface area contributed by atoms with E-state index in [2.05, 4.69) is 0 Å². The lowest BCUT2D eigenvalue weighted by Crippen LogP contribution is -1.84. The second kappa shape index (κ2) is 2.17. The first-order valence-electron chi connectivity index (χ1n) is 2.58. The second-order valence-corrected chi connectivity index (χ2v) is 1.74. The molecule has 0 saturated carbocycles. The van der Waals surface area contributed by atoms with Crippen LogP contribution in [0.3, 0.4) is 0 Å². The second-order valence-electron chi connectivity index (χ2n) is 1.74. The van der Waals surface area contributed by atoms with Gasteiger partial charge in [0.2, 0.25) is 0 Å². The van der Waals surface area contributed by atoms with E-state index in [0.717, 1.165) is 0 Å². The quantitative estimate of drug-likeness (QED) is 0.439. The molecule has 0 N–H and O–H groups in total. The molecule has 0 amide bonds. The number of nitriles is 1. The van der Waals surface area contributed by atoms with Crippen molar-refractivity contribution in [1.82, 2.24) is 0 Å². The van der Waals surface area contributed by atoms with Gasteiger partial charge in [0, 0.05) is 0 Å². The van der Waals surface area contributed by atoms with Gasteiger partial charge in [-0.1, -0.05) is 5.57 Å². The Morgan fingerprint density at radius 2 is 2.44 bits per heavy atom. The van der Waals surface area contributed by atoms with Crippen molar-refractivity contribution in [2.24, 2.45) is 0 Å². The standard InChI is InChI=1S/C8H5N/c1-7-3-2-4-8(5-7)6-9/h1-5H. The molecule has 0 bridgehead atoms. The smallest absolute Gasteiger partial charge is 0.00515 e.